The van der Waals surface area contributed by atoms with Crippen LogP contribution in [0.4, 0.5) is 0 Å². The Hall–Kier alpha value is -6.50. The maximum Gasteiger partial charge on any atom is 0.0719 e. The van der Waals surface area contributed by atoms with Gasteiger partial charge in [0.2, 0.25) is 0 Å². The van der Waals surface area contributed by atoms with Gasteiger partial charge in [-0.1, -0.05) is 198 Å². The molecule has 0 saturated carbocycles. The highest BCUT2D eigenvalue weighted by Gasteiger charge is 2.47. The fourth-order valence-corrected chi connectivity index (χ4v) is 10.6. The standard InChI is InChI=1S/C58H46/c1-56(2,3)42-27-29-43-44-30-31-47-50-33-38(39-25-28-46-45-23-15-16-24-52(45)57(4,5)54(46)34-39)26-32-53(50)58(40-19-11-7-12-20-40,41-21-13-8-14-22-41)55(47)51(44)36-48(49(43)35-42)37-17-9-6-10-18-37/h6-36H,1-5H3. The molecule has 9 aromatic rings. The SMILES string of the molecule is CC(C)(C)c1ccc2c(c1)c(-c1ccccc1)cc1c3c(ccc12)-c1cc(-c2ccc4c(c2)C(C)(C)c2ccccc2-4)ccc1C3(c1ccccc1)c1ccccc1. The normalized spacial score (nSPS) is 14.6. The van der Waals surface area contributed by atoms with Crippen LogP contribution >= 0.6 is 0 Å². The van der Waals surface area contributed by atoms with E-state index in [9.17, 15) is 0 Å². The minimum absolute atomic E-state index is 0.0305. The molecule has 0 N–H and O–H groups in total. The van der Waals surface area contributed by atoms with Gasteiger partial charge in [0.25, 0.3) is 0 Å². The lowest BCUT2D eigenvalue weighted by atomic mass is 9.66. The molecule has 0 amide bonds. The number of hydrogen-bond acceptors (Lipinski definition) is 0. The number of benzene rings is 9. The van der Waals surface area contributed by atoms with Crippen molar-refractivity contribution >= 4 is 21.5 Å². The second kappa shape index (κ2) is 12.5. The highest BCUT2D eigenvalue weighted by Crippen LogP contribution is 2.60. The van der Waals surface area contributed by atoms with Gasteiger partial charge in [0, 0.05) is 5.41 Å². The molecule has 2 aliphatic carbocycles. The van der Waals surface area contributed by atoms with E-state index in [1.807, 2.05) is 0 Å². The van der Waals surface area contributed by atoms with E-state index in [-0.39, 0.29) is 10.8 Å². The minimum atomic E-state index is -0.542. The fraction of sp³-hybridized carbons (Fsp3) is 0.138. The molecule has 0 spiro atoms. The van der Waals surface area contributed by atoms with E-state index in [1.54, 1.807) is 0 Å². The highest BCUT2D eigenvalue weighted by atomic mass is 14.5. The average molecular weight is 743 g/mol. The lowest BCUT2D eigenvalue weighted by molar-refractivity contribution is 0.591. The molecule has 58 heavy (non-hydrogen) atoms. The minimum Gasteiger partial charge on any atom is -0.0622 e. The zero-order valence-electron chi connectivity index (χ0n) is 33.9. The summed E-state index contributed by atoms with van der Waals surface area (Å²) in [5, 5.41) is 5.18. The zero-order chi connectivity index (χ0) is 39.4. The first-order chi connectivity index (χ1) is 28.2. The highest BCUT2D eigenvalue weighted by molar-refractivity contribution is 6.17. The van der Waals surface area contributed by atoms with Gasteiger partial charge in [0.05, 0.1) is 5.41 Å². The molecule has 11 rings (SSSR count). The van der Waals surface area contributed by atoms with Gasteiger partial charge in [-0.25, -0.2) is 0 Å². The van der Waals surface area contributed by atoms with Gasteiger partial charge in [0.15, 0.2) is 0 Å². The van der Waals surface area contributed by atoms with Gasteiger partial charge >= 0.3 is 0 Å². The predicted octanol–water partition coefficient (Wildman–Crippen LogP) is 15.3. The van der Waals surface area contributed by atoms with E-state index in [0.717, 1.165) is 0 Å². The van der Waals surface area contributed by atoms with Crippen LogP contribution in [-0.2, 0) is 16.2 Å². The molecule has 0 aromatic heterocycles. The Morgan fingerprint density at radius 3 is 1.62 bits per heavy atom. The fourth-order valence-electron chi connectivity index (χ4n) is 10.6. The average Bonchev–Trinajstić information content (AvgIpc) is 3.69. The van der Waals surface area contributed by atoms with Crippen LogP contribution in [0.15, 0.2) is 188 Å². The first kappa shape index (κ1) is 34.7. The van der Waals surface area contributed by atoms with E-state index in [0.29, 0.717) is 0 Å². The van der Waals surface area contributed by atoms with Gasteiger partial charge < -0.3 is 0 Å². The first-order valence-electron chi connectivity index (χ1n) is 20.8. The van der Waals surface area contributed by atoms with E-state index < -0.39 is 5.41 Å². The molecule has 0 radical (unpaired) electrons. The van der Waals surface area contributed by atoms with E-state index in [2.05, 4.69) is 223 Å². The maximum absolute atomic E-state index is 2.52. The van der Waals surface area contributed by atoms with Crippen LogP contribution in [0.1, 0.15) is 73.6 Å². The van der Waals surface area contributed by atoms with Crippen LogP contribution in [0.5, 0.6) is 0 Å². The van der Waals surface area contributed by atoms with Crippen molar-refractivity contribution < 1.29 is 0 Å². The summed E-state index contributed by atoms with van der Waals surface area (Å²) in [5.41, 5.74) is 19.2. The van der Waals surface area contributed by atoms with Gasteiger partial charge in [0.1, 0.15) is 0 Å². The summed E-state index contributed by atoms with van der Waals surface area (Å²) in [6.07, 6.45) is 0. The zero-order valence-corrected chi connectivity index (χ0v) is 33.9. The van der Waals surface area contributed by atoms with Gasteiger partial charge in [-0.05, 0) is 135 Å². The molecular formula is C58H46. The topological polar surface area (TPSA) is 0 Å². The van der Waals surface area contributed by atoms with Gasteiger partial charge in [-0.3, -0.25) is 0 Å². The van der Waals surface area contributed by atoms with Crippen LogP contribution in [-0.4, -0.2) is 0 Å². The molecule has 278 valence electrons. The Kier molecular flexibility index (Phi) is 7.48. The second-order valence-corrected chi connectivity index (χ2v) is 18.1. The van der Waals surface area contributed by atoms with Crippen molar-refractivity contribution in [1.29, 1.82) is 0 Å². The van der Waals surface area contributed by atoms with Gasteiger partial charge in [-0.2, -0.15) is 0 Å². The summed E-state index contributed by atoms with van der Waals surface area (Å²) < 4.78 is 0. The Morgan fingerprint density at radius 1 is 0.345 bits per heavy atom. The van der Waals surface area contributed by atoms with Crippen molar-refractivity contribution in [2.24, 2.45) is 0 Å². The molecule has 0 atom stereocenters. The first-order valence-corrected chi connectivity index (χ1v) is 20.8. The molecule has 0 saturated heterocycles. The number of fused-ring (bicyclic) bond motifs is 10. The molecule has 0 heteroatoms. The smallest absolute Gasteiger partial charge is 0.0622 e. The third-order valence-electron chi connectivity index (χ3n) is 13.5. The largest absolute Gasteiger partial charge is 0.0719 e. The molecular weight excluding hydrogens is 697 g/mol. The molecule has 9 aromatic carbocycles. The van der Waals surface area contributed by atoms with E-state index in [1.165, 1.54) is 105 Å². The molecule has 0 nitrogen and oxygen atoms in total. The number of rotatable bonds is 4. The van der Waals surface area contributed by atoms with Crippen LogP contribution in [0.2, 0.25) is 0 Å². The monoisotopic (exact) mass is 742 g/mol. The molecule has 2 aliphatic rings. The summed E-state index contributed by atoms with van der Waals surface area (Å²) in [6, 6.07) is 71.4. The van der Waals surface area contributed by atoms with Crippen LogP contribution in [0.3, 0.4) is 0 Å². The third-order valence-corrected chi connectivity index (χ3v) is 13.5. The van der Waals surface area contributed by atoms with E-state index >= 15 is 0 Å². The lowest BCUT2D eigenvalue weighted by Gasteiger charge is -2.35. The molecule has 0 fully saturated rings. The second-order valence-electron chi connectivity index (χ2n) is 18.1. The molecule has 0 aliphatic heterocycles. The van der Waals surface area contributed by atoms with Gasteiger partial charge in [-0.15, -0.1) is 0 Å². The van der Waals surface area contributed by atoms with E-state index in [4.69, 9.17) is 0 Å². The van der Waals surface area contributed by atoms with Crippen LogP contribution in [0, 0.1) is 0 Å². The quantitative estimate of drug-likeness (QED) is 0.158. The van der Waals surface area contributed by atoms with Crippen molar-refractivity contribution in [3.63, 3.8) is 0 Å². The van der Waals surface area contributed by atoms with Crippen molar-refractivity contribution in [3.05, 3.63) is 227 Å². The Balaban J connectivity index is 1.23. The number of hydrogen-bond donors (Lipinski definition) is 0. The molecule has 0 bridgehead atoms. The van der Waals surface area contributed by atoms with Crippen LogP contribution in [0.25, 0.3) is 66.1 Å². The molecule has 0 unspecified atom stereocenters. The molecule has 0 heterocycles. The van der Waals surface area contributed by atoms with Crippen molar-refractivity contribution in [3.8, 4) is 44.5 Å². The lowest BCUT2D eigenvalue weighted by Crippen LogP contribution is -2.28. The summed E-state index contributed by atoms with van der Waals surface area (Å²) in [4.78, 5) is 0. The summed E-state index contributed by atoms with van der Waals surface area (Å²) in [7, 11) is 0. The summed E-state index contributed by atoms with van der Waals surface area (Å²) >= 11 is 0. The van der Waals surface area contributed by atoms with Crippen molar-refractivity contribution in [1.82, 2.24) is 0 Å². The predicted molar refractivity (Wildman–Crippen MR) is 246 cm³/mol. The third kappa shape index (κ3) is 4.88. The summed E-state index contributed by atoms with van der Waals surface area (Å²) in [6.45, 7) is 11.7. The maximum atomic E-state index is 2.52. The Morgan fingerprint density at radius 2 is 0.914 bits per heavy atom. The van der Waals surface area contributed by atoms with Crippen molar-refractivity contribution in [2.45, 2.75) is 50.9 Å². The van der Waals surface area contributed by atoms with Crippen molar-refractivity contribution in [2.75, 3.05) is 0 Å². The van der Waals surface area contributed by atoms with Crippen LogP contribution < -0.4 is 0 Å². The summed E-state index contributed by atoms with van der Waals surface area (Å²) in [5.74, 6) is 0. The Labute approximate surface area is 342 Å². The Bertz CT molecular complexity index is 3050.